The predicted molar refractivity (Wildman–Crippen MR) is 45.8 cm³/mol. The number of alkyl halides is 1. The van der Waals surface area contributed by atoms with Crippen LogP contribution in [0.25, 0.3) is 0 Å². The van der Waals surface area contributed by atoms with Crippen LogP contribution in [-0.2, 0) is 14.7 Å². The highest BCUT2D eigenvalue weighted by Crippen LogP contribution is 2.28. The number of methoxy groups -OCH3 is 2. The van der Waals surface area contributed by atoms with Gasteiger partial charge in [-0.3, -0.25) is 4.98 Å². The quantitative estimate of drug-likeness (QED) is 0.534. The van der Waals surface area contributed by atoms with Crippen molar-refractivity contribution in [3.63, 3.8) is 0 Å². The lowest BCUT2D eigenvalue weighted by molar-refractivity contribution is -0.150. The van der Waals surface area contributed by atoms with Gasteiger partial charge in [-0.05, 0) is 23.7 Å². The van der Waals surface area contributed by atoms with Gasteiger partial charge in [-0.15, -0.1) is 0 Å². The normalized spacial score (nSPS) is 11.6. The van der Waals surface area contributed by atoms with E-state index in [1.165, 1.54) is 14.2 Å². The van der Waals surface area contributed by atoms with Gasteiger partial charge in [0.15, 0.2) is 0 Å². The molecule has 0 bridgehead atoms. The van der Waals surface area contributed by atoms with Gasteiger partial charge in [0.2, 0.25) is 0 Å². The number of nitrogens with zero attached hydrogens (tertiary/aromatic N) is 1. The third-order valence-corrected chi connectivity index (χ3v) is 2.00. The van der Waals surface area contributed by atoms with Gasteiger partial charge >= 0.3 is 0 Å². The molecule has 12 heavy (non-hydrogen) atoms. The minimum atomic E-state index is -1.26. The second-order valence-electron chi connectivity index (χ2n) is 2.16. The summed E-state index contributed by atoms with van der Waals surface area (Å²) >= 11 is 5.93. The number of hydrogen-bond donors (Lipinski definition) is 0. The zero-order chi connectivity index (χ0) is 9.03. The largest absolute Gasteiger partial charge is 0.336 e. The molecule has 0 aromatic carbocycles. The number of rotatable bonds is 3. The fraction of sp³-hybridized carbons (Fsp3) is 0.375. The third kappa shape index (κ3) is 1.75. The van der Waals surface area contributed by atoms with Gasteiger partial charge in [-0.1, -0.05) is 6.07 Å². The molecule has 0 unspecified atom stereocenters. The average Bonchev–Trinajstić information content (AvgIpc) is 2.18. The highest BCUT2D eigenvalue weighted by Gasteiger charge is 2.30. The lowest BCUT2D eigenvalue weighted by atomic mass is 10.3. The minimum Gasteiger partial charge on any atom is -0.336 e. The van der Waals surface area contributed by atoms with Crippen LogP contribution in [0.15, 0.2) is 24.4 Å². The van der Waals surface area contributed by atoms with Gasteiger partial charge in [-0.25, -0.2) is 0 Å². The Labute approximate surface area is 76.3 Å². The average molecular weight is 188 g/mol. The lowest BCUT2D eigenvalue weighted by Crippen LogP contribution is -2.24. The van der Waals surface area contributed by atoms with E-state index >= 15 is 0 Å². The molecule has 0 aliphatic heterocycles. The Kier molecular flexibility index (Phi) is 3.03. The Morgan fingerprint density at radius 1 is 1.33 bits per heavy atom. The number of aromatic nitrogens is 1. The van der Waals surface area contributed by atoms with Crippen molar-refractivity contribution in [3.05, 3.63) is 30.1 Å². The van der Waals surface area contributed by atoms with Crippen molar-refractivity contribution in [2.75, 3.05) is 14.2 Å². The first-order chi connectivity index (χ1) is 5.73. The minimum absolute atomic E-state index is 0.539. The molecule has 0 atom stereocenters. The van der Waals surface area contributed by atoms with E-state index in [1.54, 1.807) is 18.3 Å². The topological polar surface area (TPSA) is 31.4 Å². The van der Waals surface area contributed by atoms with Crippen molar-refractivity contribution in [2.24, 2.45) is 0 Å². The van der Waals surface area contributed by atoms with Crippen LogP contribution in [0.3, 0.4) is 0 Å². The molecule has 0 N–H and O–H groups in total. The molecule has 1 heterocycles. The Balaban J connectivity index is 2.95. The Morgan fingerprint density at radius 3 is 2.42 bits per heavy atom. The highest BCUT2D eigenvalue weighted by atomic mass is 35.5. The monoisotopic (exact) mass is 187 g/mol. The Morgan fingerprint density at radius 2 is 2.00 bits per heavy atom. The second-order valence-corrected chi connectivity index (χ2v) is 2.66. The smallest absolute Gasteiger partial charge is 0.293 e. The van der Waals surface area contributed by atoms with Crippen molar-refractivity contribution < 1.29 is 9.47 Å². The fourth-order valence-corrected chi connectivity index (χ4v) is 0.944. The summed E-state index contributed by atoms with van der Waals surface area (Å²) < 4.78 is 9.91. The third-order valence-electron chi connectivity index (χ3n) is 1.50. The van der Waals surface area contributed by atoms with E-state index in [1.807, 2.05) is 6.07 Å². The Hall–Kier alpha value is -0.640. The van der Waals surface area contributed by atoms with E-state index in [0.29, 0.717) is 5.69 Å². The fourth-order valence-electron chi connectivity index (χ4n) is 0.832. The number of halogens is 1. The summed E-state index contributed by atoms with van der Waals surface area (Å²) in [5, 5.41) is -1.26. The van der Waals surface area contributed by atoms with Crippen LogP contribution in [0, 0.1) is 0 Å². The first-order valence-corrected chi connectivity index (χ1v) is 3.81. The molecule has 0 aliphatic rings. The summed E-state index contributed by atoms with van der Waals surface area (Å²) in [7, 11) is 2.93. The highest BCUT2D eigenvalue weighted by molar-refractivity contribution is 6.21. The standard InChI is InChI=1S/C8H10ClNO2/c1-11-8(9,12-2)7-5-3-4-6-10-7/h3-6H,1-2H3. The van der Waals surface area contributed by atoms with Gasteiger partial charge in [-0.2, -0.15) is 0 Å². The molecule has 0 spiro atoms. The number of pyridine rings is 1. The van der Waals surface area contributed by atoms with Gasteiger partial charge in [0.1, 0.15) is 5.69 Å². The molecule has 3 nitrogen and oxygen atoms in total. The zero-order valence-electron chi connectivity index (χ0n) is 6.95. The SMILES string of the molecule is COC(Cl)(OC)c1ccccn1. The molecular weight excluding hydrogens is 178 g/mol. The summed E-state index contributed by atoms with van der Waals surface area (Å²) in [6.07, 6.45) is 1.63. The molecule has 0 aliphatic carbocycles. The molecule has 66 valence electrons. The van der Waals surface area contributed by atoms with E-state index < -0.39 is 5.25 Å². The molecule has 1 rings (SSSR count). The molecule has 4 heteroatoms. The summed E-state index contributed by atoms with van der Waals surface area (Å²) in [4.78, 5) is 4.01. The maximum absolute atomic E-state index is 5.93. The van der Waals surface area contributed by atoms with Gasteiger partial charge < -0.3 is 9.47 Å². The second kappa shape index (κ2) is 3.85. The molecule has 1 aromatic heterocycles. The molecule has 1 aromatic rings. The van der Waals surface area contributed by atoms with Gasteiger partial charge in [0.25, 0.3) is 5.25 Å². The van der Waals surface area contributed by atoms with E-state index in [-0.39, 0.29) is 0 Å². The summed E-state index contributed by atoms with van der Waals surface area (Å²) in [5.41, 5.74) is 0.539. The molecule has 0 radical (unpaired) electrons. The summed E-state index contributed by atoms with van der Waals surface area (Å²) in [6.45, 7) is 0. The van der Waals surface area contributed by atoms with Gasteiger partial charge in [0.05, 0.1) is 0 Å². The number of hydrogen-bond acceptors (Lipinski definition) is 3. The molecule has 0 fully saturated rings. The van der Waals surface area contributed by atoms with E-state index in [9.17, 15) is 0 Å². The van der Waals surface area contributed by atoms with Crippen LogP contribution in [0.2, 0.25) is 0 Å². The Bertz CT molecular complexity index is 236. The number of ether oxygens (including phenoxy) is 2. The molecule has 0 amide bonds. The van der Waals surface area contributed by atoms with Crippen LogP contribution >= 0.6 is 11.6 Å². The molecular formula is C8H10ClNO2. The van der Waals surface area contributed by atoms with E-state index in [4.69, 9.17) is 21.1 Å². The van der Waals surface area contributed by atoms with Crippen molar-refractivity contribution in [2.45, 2.75) is 5.25 Å². The maximum Gasteiger partial charge on any atom is 0.293 e. The van der Waals surface area contributed by atoms with Crippen molar-refractivity contribution in [1.82, 2.24) is 4.98 Å². The molecule has 0 saturated heterocycles. The van der Waals surface area contributed by atoms with Crippen molar-refractivity contribution >= 4 is 11.6 Å². The van der Waals surface area contributed by atoms with Crippen LogP contribution < -0.4 is 0 Å². The first kappa shape index (κ1) is 9.45. The summed E-state index contributed by atoms with van der Waals surface area (Å²) in [6, 6.07) is 5.35. The maximum atomic E-state index is 5.93. The van der Waals surface area contributed by atoms with Crippen LogP contribution in [0.5, 0.6) is 0 Å². The van der Waals surface area contributed by atoms with Crippen LogP contribution in [0.1, 0.15) is 5.69 Å². The van der Waals surface area contributed by atoms with Crippen LogP contribution in [-0.4, -0.2) is 19.2 Å². The van der Waals surface area contributed by atoms with E-state index in [2.05, 4.69) is 4.98 Å². The van der Waals surface area contributed by atoms with Gasteiger partial charge in [0, 0.05) is 20.4 Å². The van der Waals surface area contributed by atoms with E-state index in [0.717, 1.165) is 0 Å². The first-order valence-electron chi connectivity index (χ1n) is 3.43. The lowest BCUT2D eigenvalue weighted by Gasteiger charge is -2.22. The molecule has 0 saturated carbocycles. The van der Waals surface area contributed by atoms with Crippen molar-refractivity contribution in [1.29, 1.82) is 0 Å². The summed E-state index contributed by atoms with van der Waals surface area (Å²) in [5.74, 6) is 0. The van der Waals surface area contributed by atoms with Crippen molar-refractivity contribution in [3.8, 4) is 0 Å². The van der Waals surface area contributed by atoms with Crippen LogP contribution in [0.4, 0.5) is 0 Å². The predicted octanol–water partition coefficient (Wildman–Crippen LogP) is 1.72. The zero-order valence-corrected chi connectivity index (χ0v) is 7.71.